The Bertz CT molecular complexity index is 1270. The molecule has 3 heterocycles. The van der Waals surface area contributed by atoms with Crippen molar-refractivity contribution in [3.63, 3.8) is 0 Å². The van der Waals surface area contributed by atoms with Crippen LogP contribution in [0.15, 0.2) is 73.2 Å². The van der Waals surface area contributed by atoms with E-state index in [0.717, 1.165) is 54.5 Å². The summed E-state index contributed by atoms with van der Waals surface area (Å²) < 4.78 is 0. The number of nitrogens with zero attached hydrogens (tertiary/aromatic N) is 6. The highest BCUT2D eigenvalue weighted by molar-refractivity contribution is 5.72. The van der Waals surface area contributed by atoms with Crippen molar-refractivity contribution in [1.29, 1.82) is 5.26 Å². The summed E-state index contributed by atoms with van der Waals surface area (Å²) in [4.78, 5) is 14.2. The van der Waals surface area contributed by atoms with Crippen LogP contribution in [0.3, 0.4) is 0 Å². The topological polar surface area (TPSA) is 84.7 Å². The van der Waals surface area contributed by atoms with Gasteiger partial charge in [-0.3, -0.25) is 15.0 Å². The summed E-state index contributed by atoms with van der Waals surface area (Å²) in [6.45, 7) is 5.61. The van der Waals surface area contributed by atoms with E-state index in [1.54, 1.807) is 12.4 Å². The third-order valence-electron chi connectivity index (χ3n) is 6.45. The fraction of sp³-hybridized carbons (Fsp3) is 0.259. The van der Waals surface area contributed by atoms with Gasteiger partial charge < -0.3 is 4.90 Å². The van der Waals surface area contributed by atoms with Gasteiger partial charge in [-0.1, -0.05) is 54.6 Å². The van der Waals surface area contributed by atoms with E-state index in [9.17, 15) is 0 Å². The zero-order valence-electron chi connectivity index (χ0n) is 19.2. The maximum atomic E-state index is 8.94. The number of rotatable bonds is 6. The molecular weight excluding hydrogens is 422 g/mol. The van der Waals surface area contributed by atoms with Gasteiger partial charge in [-0.2, -0.15) is 10.4 Å². The number of benzene rings is 2. The molecule has 0 radical (unpaired) electrons. The Kier molecular flexibility index (Phi) is 6.32. The van der Waals surface area contributed by atoms with Gasteiger partial charge in [0.2, 0.25) is 0 Å². The molecule has 0 spiro atoms. The first-order chi connectivity index (χ1) is 16.7. The highest BCUT2D eigenvalue weighted by atomic mass is 15.3. The lowest BCUT2D eigenvalue weighted by Gasteiger charge is -2.40. The second-order valence-corrected chi connectivity index (χ2v) is 8.55. The molecule has 1 N–H and O–H groups in total. The van der Waals surface area contributed by atoms with Gasteiger partial charge in [0.1, 0.15) is 5.69 Å². The SMILES string of the molecule is Cc1[nH]ncc1C(c1ccccc1)N1CCN(c2nccnc2-c2ccc(CC#N)cc2)CC1. The number of H-pyrrole nitrogens is 1. The monoisotopic (exact) mass is 449 g/mol. The molecule has 34 heavy (non-hydrogen) atoms. The number of aryl methyl sites for hydroxylation is 1. The van der Waals surface area contributed by atoms with Gasteiger partial charge in [-0.25, -0.2) is 4.98 Å². The summed E-state index contributed by atoms with van der Waals surface area (Å²) in [5, 5.41) is 16.3. The molecule has 0 saturated carbocycles. The van der Waals surface area contributed by atoms with Crippen LogP contribution < -0.4 is 4.90 Å². The quantitative estimate of drug-likeness (QED) is 0.476. The van der Waals surface area contributed by atoms with Gasteiger partial charge in [0.05, 0.1) is 24.7 Å². The molecule has 1 atom stereocenters. The molecule has 170 valence electrons. The van der Waals surface area contributed by atoms with E-state index in [-0.39, 0.29) is 6.04 Å². The van der Waals surface area contributed by atoms with Gasteiger partial charge in [-0.05, 0) is 18.1 Å². The molecule has 2 aromatic heterocycles. The van der Waals surface area contributed by atoms with Crippen molar-refractivity contribution in [2.75, 3.05) is 31.1 Å². The van der Waals surface area contributed by atoms with Crippen LogP contribution in [0.4, 0.5) is 5.82 Å². The Morgan fingerprint density at radius 1 is 0.971 bits per heavy atom. The number of nitrogens with one attached hydrogen (secondary N) is 1. The number of hydrogen-bond acceptors (Lipinski definition) is 6. The Morgan fingerprint density at radius 3 is 2.38 bits per heavy atom. The van der Waals surface area contributed by atoms with Crippen LogP contribution in [-0.2, 0) is 6.42 Å². The molecular formula is C27H27N7. The summed E-state index contributed by atoms with van der Waals surface area (Å²) in [6, 6.07) is 21.1. The molecule has 0 aliphatic carbocycles. The van der Waals surface area contributed by atoms with Crippen molar-refractivity contribution in [1.82, 2.24) is 25.1 Å². The van der Waals surface area contributed by atoms with Gasteiger partial charge in [0, 0.05) is 55.4 Å². The van der Waals surface area contributed by atoms with E-state index >= 15 is 0 Å². The van der Waals surface area contributed by atoms with E-state index in [4.69, 9.17) is 10.2 Å². The number of aromatic nitrogens is 4. The minimum Gasteiger partial charge on any atom is -0.352 e. The zero-order chi connectivity index (χ0) is 23.3. The molecule has 1 aliphatic heterocycles. The summed E-state index contributed by atoms with van der Waals surface area (Å²) in [5.41, 5.74) is 6.50. The van der Waals surface area contributed by atoms with Gasteiger partial charge in [-0.15, -0.1) is 0 Å². The smallest absolute Gasteiger partial charge is 0.155 e. The Hall–Kier alpha value is -4.02. The van der Waals surface area contributed by atoms with Crippen LogP contribution >= 0.6 is 0 Å². The first-order valence-electron chi connectivity index (χ1n) is 11.6. The third kappa shape index (κ3) is 4.41. The largest absolute Gasteiger partial charge is 0.352 e. The molecule has 7 heteroatoms. The van der Waals surface area contributed by atoms with Crippen LogP contribution in [-0.4, -0.2) is 51.2 Å². The molecule has 1 fully saturated rings. The van der Waals surface area contributed by atoms with Crippen LogP contribution in [0.5, 0.6) is 0 Å². The first-order valence-corrected chi connectivity index (χ1v) is 11.6. The highest BCUT2D eigenvalue weighted by Gasteiger charge is 2.29. The van der Waals surface area contributed by atoms with Crippen molar-refractivity contribution < 1.29 is 0 Å². The van der Waals surface area contributed by atoms with Gasteiger partial charge >= 0.3 is 0 Å². The van der Waals surface area contributed by atoms with Crippen LogP contribution in [0.25, 0.3) is 11.3 Å². The molecule has 1 unspecified atom stereocenters. The molecule has 0 bridgehead atoms. The minimum atomic E-state index is 0.163. The predicted molar refractivity (Wildman–Crippen MR) is 132 cm³/mol. The summed E-state index contributed by atoms with van der Waals surface area (Å²) in [5.74, 6) is 0.908. The maximum Gasteiger partial charge on any atom is 0.155 e. The Labute approximate surface area is 199 Å². The maximum absolute atomic E-state index is 8.94. The van der Waals surface area contributed by atoms with Crippen molar-refractivity contribution in [2.45, 2.75) is 19.4 Å². The lowest BCUT2D eigenvalue weighted by atomic mass is 9.97. The van der Waals surface area contributed by atoms with Crippen LogP contribution in [0, 0.1) is 18.3 Å². The van der Waals surface area contributed by atoms with E-state index in [1.807, 2.05) is 30.5 Å². The normalized spacial score (nSPS) is 15.1. The van der Waals surface area contributed by atoms with Gasteiger partial charge in [0.25, 0.3) is 0 Å². The van der Waals surface area contributed by atoms with E-state index in [0.29, 0.717) is 6.42 Å². The fourth-order valence-electron chi connectivity index (χ4n) is 4.69. The molecule has 1 saturated heterocycles. The number of aromatic amines is 1. The molecule has 0 amide bonds. The Balaban J connectivity index is 1.37. The second-order valence-electron chi connectivity index (χ2n) is 8.55. The minimum absolute atomic E-state index is 0.163. The first kappa shape index (κ1) is 21.8. The number of piperazine rings is 1. The Morgan fingerprint density at radius 2 is 1.71 bits per heavy atom. The summed E-state index contributed by atoms with van der Waals surface area (Å²) in [7, 11) is 0. The summed E-state index contributed by atoms with van der Waals surface area (Å²) in [6.07, 6.45) is 5.87. The van der Waals surface area contributed by atoms with E-state index < -0.39 is 0 Å². The lowest BCUT2D eigenvalue weighted by molar-refractivity contribution is 0.211. The average Bonchev–Trinajstić information content (AvgIpc) is 3.31. The number of nitriles is 1. The standard InChI is InChI=1S/C27H27N7/c1-20-24(19-31-32-20)26(23-5-3-2-4-6-23)33-15-17-34(18-16-33)27-25(29-13-14-30-27)22-9-7-21(8-10-22)11-12-28/h2-10,13-14,19,26H,11,15-18H2,1H3,(H,31,32). The fourth-order valence-corrected chi connectivity index (χ4v) is 4.69. The van der Waals surface area contributed by atoms with E-state index in [1.165, 1.54) is 11.1 Å². The van der Waals surface area contributed by atoms with Crippen LogP contribution in [0.1, 0.15) is 28.4 Å². The molecule has 5 rings (SSSR count). The lowest BCUT2D eigenvalue weighted by Crippen LogP contribution is -2.48. The second kappa shape index (κ2) is 9.86. The molecule has 1 aliphatic rings. The number of anilines is 1. The third-order valence-corrected chi connectivity index (χ3v) is 6.45. The zero-order valence-corrected chi connectivity index (χ0v) is 19.2. The highest BCUT2D eigenvalue weighted by Crippen LogP contribution is 2.33. The van der Waals surface area contributed by atoms with Gasteiger partial charge in [0.15, 0.2) is 5.82 Å². The number of hydrogen-bond donors (Lipinski definition) is 1. The molecule has 7 nitrogen and oxygen atoms in total. The average molecular weight is 450 g/mol. The predicted octanol–water partition coefficient (Wildman–Crippen LogP) is 4.15. The van der Waals surface area contributed by atoms with E-state index in [2.05, 4.69) is 68.3 Å². The molecule has 4 aromatic rings. The summed E-state index contributed by atoms with van der Waals surface area (Å²) >= 11 is 0. The van der Waals surface area contributed by atoms with Crippen molar-refractivity contribution >= 4 is 5.82 Å². The van der Waals surface area contributed by atoms with Crippen molar-refractivity contribution in [3.8, 4) is 17.3 Å². The van der Waals surface area contributed by atoms with Crippen LogP contribution in [0.2, 0.25) is 0 Å². The van der Waals surface area contributed by atoms with Crippen molar-refractivity contribution in [2.24, 2.45) is 0 Å². The molecule has 2 aromatic carbocycles. The van der Waals surface area contributed by atoms with Crippen molar-refractivity contribution in [3.05, 3.63) is 95.6 Å².